The first-order chi connectivity index (χ1) is 20.6. The first-order valence-corrected chi connectivity index (χ1v) is 14.3. The smallest absolute Gasteiger partial charge is 0.380 e. The molecule has 17 heteroatoms. The number of halogens is 9. The fraction of sp³-hybridized carbons (Fsp3) is 0.481. The van der Waals surface area contributed by atoms with Gasteiger partial charge in [0.2, 0.25) is 5.92 Å². The third-order valence-electron chi connectivity index (χ3n) is 7.70. The number of piperidine rings is 1. The molecule has 0 radical (unpaired) electrons. The van der Waals surface area contributed by atoms with Gasteiger partial charge in [-0.15, -0.1) is 0 Å². The number of aromatic nitrogens is 3. The summed E-state index contributed by atoms with van der Waals surface area (Å²) in [6.07, 6.45) is -7.26. The molecular weight excluding hydrogens is 644 g/mol. The van der Waals surface area contributed by atoms with Gasteiger partial charge in [0.05, 0.1) is 17.1 Å². The number of anilines is 1. The maximum atomic E-state index is 13.6. The van der Waals surface area contributed by atoms with Crippen LogP contribution in [0.25, 0.3) is 10.9 Å². The van der Waals surface area contributed by atoms with Gasteiger partial charge in [0.25, 0.3) is 11.8 Å². The van der Waals surface area contributed by atoms with Gasteiger partial charge in [-0.2, -0.15) is 27.1 Å². The third kappa shape index (κ3) is 7.14. The molecule has 1 aliphatic carbocycles. The van der Waals surface area contributed by atoms with Crippen LogP contribution >= 0.6 is 23.2 Å². The molecule has 2 aromatic heterocycles. The van der Waals surface area contributed by atoms with Crippen LogP contribution in [0.4, 0.5) is 36.4 Å². The lowest BCUT2D eigenvalue weighted by Crippen LogP contribution is -2.57. The van der Waals surface area contributed by atoms with Crippen molar-refractivity contribution < 1.29 is 40.3 Å². The zero-order valence-electron chi connectivity index (χ0n) is 22.7. The van der Waals surface area contributed by atoms with E-state index in [0.717, 1.165) is 11.0 Å². The maximum absolute atomic E-state index is 13.6. The predicted octanol–water partition coefficient (Wildman–Crippen LogP) is 6.58. The van der Waals surface area contributed by atoms with E-state index in [9.17, 15) is 40.3 Å². The summed E-state index contributed by atoms with van der Waals surface area (Å²) in [5.74, 6) is -5.04. The van der Waals surface area contributed by atoms with Crippen molar-refractivity contribution in [1.29, 1.82) is 0 Å². The van der Waals surface area contributed by atoms with E-state index in [1.165, 1.54) is 29.1 Å². The first kappa shape index (κ1) is 32.1. The zero-order valence-corrected chi connectivity index (χ0v) is 24.2. The number of likely N-dealkylation sites (tertiary alicyclic amines) is 1. The largest absolute Gasteiger partial charge is 0.433 e. The number of pyridine rings is 1. The molecule has 3 aromatic rings. The summed E-state index contributed by atoms with van der Waals surface area (Å²) in [6.45, 7) is -0.612. The molecule has 238 valence electrons. The summed E-state index contributed by atoms with van der Waals surface area (Å²) in [7, 11) is 0. The molecule has 5 rings (SSSR count). The van der Waals surface area contributed by atoms with Gasteiger partial charge in [-0.05, 0) is 43.5 Å². The number of hydrogen-bond donors (Lipinski definition) is 2. The Morgan fingerprint density at radius 3 is 2.39 bits per heavy atom. The van der Waals surface area contributed by atoms with Crippen molar-refractivity contribution in [1.82, 2.24) is 25.0 Å². The van der Waals surface area contributed by atoms with E-state index in [0.29, 0.717) is 0 Å². The lowest BCUT2D eigenvalue weighted by molar-refractivity contribution is -0.144. The second kappa shape index (κ2) is 12.2. The van der Waals surface area contributed by atoms with Crippen molar-refractivity contribution >= 4 is 51.6 Å². The van der Waals surface area contributed by atoms with E-state index in [1.807, 2.05) is 0 Å². The molecule has 1 aromatic carbocycles. The Morgan fingerprint density at radius 1 is 1.05 bits per heavy atom. The normalized spacial score (nSPS) is 21.1. The molecule has 2 amide bonds. The van der Waals surface area contributed by atoms with Gasteiger partial charge in [-0.1, -0.05) is 23.2 Å². The molecule has 2 aliphatic rings. The first-order valence-electron chi connectivity index (χ1n) is 13.5. The van der Waals surface area contributed by atoms with Crippen molar-refractivity contribution in [2.24, 2.45) is 0 Å². The Morgan fingerprint density at radius 2 is 1.73 bits per heavy atom. The van der Waals surface area contributed by atoms with Crippen molar-refractivity contribution in [3.05, 3.63) is 51.9 Å². The topological polar surface area (TPSA) is 92.2 Å². The van der Waals surface area contributed by atoms with Crippen LogP contribution in [0.2, 0.25) is 10.2 Å². The fourth-order valence-electron chi connectivity index (χ4n) is 5.57. The maximum Gasteiger partial charge on any atom is 0.433 e. The molecule has 8 nitrogen and oxygen atoms in total. The molecule has 2 fully saturated rings. The lowest BCUT2D eigenvalue weighted by Gasteiger charge is -2.38. The molecule has 0 spiro atoms. The van der Waals surface area contributed by atoms with E-state index in [4.69, 9.17) is 23.2 Å². The number of hydrogen-bond acceptors (Lipinski definition) is 5. The lowest BCUT2D eigenvalue weighted by atomic mass is 9.92. The number of nitrogens with zero attached hydrogens (tertiary/aromatic N) is 4. The van der Waals surface area contributed by atoms with Gasteiger partial charge in [-0.3, -0.25) is 14.3 Å². The summed E-state index contributed by atoms with van der Waals surface area (Å²) in [6, 6.07) is 2.61. The highest BCUT2D eigenvalue weighted by Gasteiger charge is 2.38. The number of benzene rings is 1. The van der Waals surface area contributed by atoms with Gasteiger partial charge in [-0.25, -0.2) is 13.8 Å². The SMILES string of the molecule is O=C(N[C@H]1C[C@@H](Nc2cc(C(F)(F)F)nc3ccc(Cl)cc23)CN(C(=O)C(F)F)C1)c1cn(C2CCC(F)(F)CC2)nc1Cl. The van der Waals surface area contributed by atoms with Gasteiger partial charge >= 0.3 is 12.6 Å². The highest BCUT2D eigenvalue weighted by atomic mass is 35.5. The molecule has 2 N–H and O–H groups in total. The Labute approximate surface area is 255 Å². The molecule has 0 unspecified atom stereocenters. The van der Waals surface area contributed by atoms with Crippen LogP contribution in [0.5, 0.6) is 0 Å². The molecule has 0 bridgehead atoms. The van der Waals surface area contributed by atoms with Crippen LogP contribution in [-0.4, -0.2) is 69.0 Å². The summed E-state index contributed by atoms with van der Waals surface area (Å²) >= 11 is 12.2. The fourth-order valence-corrected chi connectivity index (χ4v) is 5.96. The Hall–Kier alpha value is -3.33. The van der Waals surface area contributed by atoms with Crippen molar-refractivity contribution in [2.45, 2.75) is 68.8 Å². The zero-order chi connectivity index (χ0) is 32.0. The number of rotatable bonds is 6. The number of nitrogens with one attached hydrogen (secondary N) is 2. The van der Waals surface area contributed by atoms with Crippen LogP contribution in [0.1, 0.15) is 54.2 Å². The molecule has 3 heterocycles. The van der Waals surface area contributed by atoms with Crippen LogP contribution in [0, 0.1) is 0 Å². The van der Waals surface area contributed by atoms with E-state index in [-0.39, 0.29) is 77.5 Å². The Bertz CT molecular complexity index is 1560. The molecule has 1 saturated heterocycles. The van der Waals surface area contributed by atoms with Crippen LogP contribution < -0.4 is 10.6 Å². The van der Waals surface area contributed by atoms with Crippen LogP contribution in [-0.2, 0) is 11.0 Å². The molecule has 1 saturated carbocycles. The van der Waals surface area contributed by atoms with Gasteiger partial charge in [0, 0.05) is 60.3 Å². The average Bonchev–Trinajstić information content (AvgIpc) is 3.33. The second-order valence-corrected chi connectivity index (χ2v) is 11.7. The summed E-state index contributed by atoms with van der Waals surface area (Å²) in [4.78, 5) is 29.9. The van der Waals surface area contributed by atoms with E-state index < -0.39 is 54.2 Å². The number of amides is 2. The summed E-state index contributed by atoms with van der Waals surface area (Å²) < 4.78 is 96.2. The minimum Gasteiger partial charge on any atom is -0.380 e. The Balaban J connectivity index is 1.38. The van der Waals surface area contributed by atoms with Gasteiger partial charge < -0.3 is 15.5 Å². The monoisotopic (exact) mass is 668 g/mol. The van der Waals surface area contributed by atoms with Crippen LogP contribution in [0.15, 0.2) is 30.5 Å². The number of alkyl halides is 7. The van der Waals surface area contributed by atoms with Crippen molar-refractivity contribution in [3.8, 4) is 0 Å². The number of fused-ring (bicyclic) bond motifs is 1. The van der Waals surface area contributed by atoms with E-state index in [1.54, 1.807) is 0 Å². The van der Waals surface area contributed by atoms with Gasteiger partial charge in [0.15, 0.2) is 5.15 Å². The molecular formula is C27H25Cl2F7N6O2. The van der Waals surface area contributed by atoms with E-state index in [2.05, 4.69) is 20.7 Å². The minimum absolute atomic E-state index is 0.0218. The quantitative estimate of drug-likeness (QED) is 0.290. The molecule has 44 heavy (non-hydrogen) atoms. The average molecular weight is 669 g/mol. The number of carbonyl (C=O) groups excluding carboxylic acids is 2. The summed E-state index contributed by atoms with van der Waals surface area (Å²) in [5, 5.41) is 9.86. The van der Waals surface area contributed by atoms with Gasteiger partial charge in [0.1, 0.15) is 5.69 Å². The molecule has 1 aliphatic heterocycles. The standard InChI is InChI=1S/C27H25Cl2F7N6O2/c28-13-1-2-19-17(7-13)20(9-21(39-19)27(34,35)36)37-14-8-15(11-41(10-14)25(44)23(30)31)38-24(43)18-12-42(40-22(18)29)16-3-5-26(32,33)6-4-16/h1-2,7,9,12,14-16,23H,3-6,8,10-11H2,(H,37,39)(H,38,43)/t14-,15+/m1/s1. The highest BCUT2D eigenvalue weighted by Crippen LogP contribution is 2.39. The Kier molecular flexibility index (Phi) is 8.91. The third-order valence-corrected chi connectivity index (χ3v) is 8.21. The molecule has 2 atom stereocenters. The number of carbonyl (C=O) groups is 2. The van der Waals surface area contributed by atoms with Crippen molar-refractivity contribution in [2.75, 3.05) is 18.4 Å². The van der Waals surface area contributed by atoms with Crippen LogP contribution in [0.3, 0.4) is 0 Å². The second-order valence-electron chi connectivity index (χ2n) is 10.9. The highest BCUT2D eigenvalue weighted by molar-refractivity contribution is 6.32. The minimum atomic E-state index is -4.80. The predicted molar refractivity (Wildman–Crippen MR) is 147 cm³/mol. The summed E-state index contributed by atoms with van der Waals surface area (Å²) in [5.41, 5.74) is -1.37. The van der Waals surface area contributed by atoms with Crippen molar-refractivity contribution in [3.63, 3.8) is 0 Å². The van der Waals surface area contributed by atoms with E-state index >= 15 is 0 Å².